The van der Waals surface area contributed by atoms with Crippen molar-refractivity contribution >= 4 is 12.8 Å². The van der Waals surface area contributed by atoms with Gasteiger partial charge in [0.15, 0.2) is 0 Å². The van der Waals surface area contributed by atoms with E-state index in [1.165, 1.54) is 51.4 Å². The van der Waals surface area contributed by atoms with Crippen LogP contribution in [0.15, 0.2) is 0 Å². The van der Waals surface area contributed by atoms with E-state index >= 15 is 0 Å². The number of nitrogens with one attached hydrogen (secondary N) is 2. The molecule has 1 aliphatic rings. The van der Waals surface area contributed by atoms with Crippen LogP contribution in [-0.4, -0.2) is 31.1 Å². The molecule has 2 N–H and O–H groups in total. The molecule has 0 heterocycles. The van der Waals surface area contributed by atoms with Crippen LogP contribution in [0, 0.1) is 5.41 Å². The van der Waals surface area contributed by atoms with Crippen LogP contribution >= 0.6 is 0 Å². The second kappa shape index (κ2) is 21.9. The predicted octanol–water partition coefficient (Wildman–Crippen LogP) is 1.97. The van der Waals surface area contributed by atoms with Crippen molar-refractivity contribution in [3.05, 3.63) is 0 Å². The van der Waals surface area contributed by atoms with Crippen molar-refractivity contribution in [2.45, 2.75) is 111 Å². The van der Waals surface area contributed by atoms with Gasteiger partial charge in [-0.05, 0) is 37.5 Å². The fourth-order valence-electron chi connectivity index (χ4n) is 3.33. The van der Waals surface area contributed by atoms with Gasteiger partial charge in [0, 0.05) is 6.04 Å². The average Bonchev–Trinajstić information content (AvgIpc) is 2.55. The molecule has 7 heteroatoms. The minimum atomic E-state index is -0.417. The van der Waals surface area contributed by atoms with E-state index in [1.807, 2.05) is 0 Å². The summed E-state index contributed by atoms with van der Waals surface area (Å²) in [5.41, 5.74) is 0.530. The van der Waals surface area contributed by atoms with Gasteiger partial charge < -0.3 is 15.5 Å². The molecule has 0 aliphatic heterocycles. The molecule has 2 amide bonds. The number of hydrogen-bond donors (Lipinski definition) is 2. The van der Waals surface area contributed by atoms with Gasteiger partial charge >= 0.3 is 35.7 Å². The van der Waals surface area contributed by atoms with Gasteiger partial charge in [0.1, 0.15) is 0 Å². The Hall–Kier alpha value is -0.426. The number of carbonyl (C=O) groups is 2. The van der Waals surface area contributed by atoms with Crippen molar-refractivity contribution in [3.8, 4) is 0 Å². The molecule has 0 bridgehead atoms. The minimum absolute atomic E-state index is 0.417. The van der Waals surface area contributed by atoms with Crippen LogP contribution in [0.1, 0.15) is 92.9 Å². The first-order valence-corrected chi connectivity index (χ1v) is 10.8. The molecule has 27 heavy (non-hydrogen) atoms. The van der Waals surface area contributed by atoms with E-state index in [2.05, 4.69) is 23.0 Å². The molecule has 6 nitrogen and oxygen atoms in total. The first-order valence-electron chi connectivity index (χ1n) is 10.0. The third kappa shape index (κ3) is 25.6. The van der Waals surface area contributed by atoms with E-state index in [9.17, 15) is 15.0 Å². The molecule has 1 fully saturated rings. The van der Waals surface area contributed by atoms with Crippen LogP contribution in [0.5, 0.6) is 0 Å². The van der Waals surface area contributed by atoms with Gasteiger partial charge in [-0.15, -0.1) is 12.2 Å². The topological polar surface area (TPSA) is 104 Å². The molecule has 0 aromatic heterocycles. The molecule has 1 rings (SSSR count). The summed E-state index contributed by atoms with van der Waals surface area (Å²) in [6, 6.07) is 0.439. The van der Waals surface area contributed by atoms with Crippen molar-refractivity contribution in [2.24, 2.45) is 5.41 Å². The first kappa shape index (κ1) is 31.3. The van der Waals surface area contributed by atoms with Crippen LogP contribution in [0.25, 0.3) is 0 Å². The molecule has 0 radical (unpaired) electrons. The summed E-state index contributed by atoms with van der Waals surface area (Å²) in [6.45, 7) is 11.0. The Morgan fingerprint density at radius 1 is 1.04 bits per heavy atom. The third-order valence-electron chi connectivity index (χ3n) is 3.86. The fraction of sp³-hybridized carbons (Fsp3) is 0.900. The average molecular weight is 421 g/mol. The first-order chi connectivity index (χ1) is 12.6. The van der Waals surface area contributed by atoms with Crippen LogP contribution < -0.4 is 19.3 Å². The van der Waals surface area contributed by atoms with Gasteiger partial charge in [-0.1, -0.05) is 60.8 Å². The molecule has 0 aromatic rings. The summed E-state index contributed by atoms with van der Waals surface area (Å²) in [4.78, 5) is 19.6. The van der Waals surface area contributed by atoms with Gasteiger partial charge in [0.25, 0.3) is 0 Å². The third-order valence-corrected chi connectivity index (χ3v) is 4.05. The standard InChI is InChI=1S/C13H25NO.2C3H7O.CH3NO.Ti/c1-3-7-13(8-4-2)9-5-6-12(10-13)14-11-15;2*1-3(2)4;2-1-3;/h11-12H,3-10H2,1-2H3,(H,14,15);2*3H,1-2H3;1H,(H2,2,3);/q;2*-1;;+3/p-1. The van der Waals surface area contributed by atoms with Crippen LogP contribution in [0.3, 0.4) is 0 Å². The number of hydrogen-bond acceptors (Lipinski definition) is 4. The van der Waals surface area contributed by atoms with E-state index in [1.54, 1.807) is 48.4 Å². The Balaban J connectivity index is -0.000000394. The summed E-state index contributed by atoms with van der Waals surface area (Å²) in [6.07, 6.45) is 10.9. The molecule has 0 aromatic carbocycles. The quantitative estimate of drug-likeness (QED) is 0.484. The molecular formula is C20H41N2O4Ti. The van der Waals surface area contributed by atoms with Gasteiger partial charge in [-0.3, -0.25) is 4.79 Å². The molecular weight excluding hydrogens is 380 g/mol. The second-order valence-electron chi connectivity index (χ2n) is 7.44. The zero-order chi connectivity index (χ0) is 21.7. The van der Waals surface area contributed by atoms with Crippen LogP contribution in [0.4, 0.5) is 0 Å². The molecule has 1 saturated carbocycles. The van der Waals surface area contributed by atoms with E-state index < -0.39 is 12.2 Å². The van der Waals surface area contributed by atoms with Crippen molar-refractivity contribution in [1.29, 1.82) is 0 Å². The molecule has 0 spiro atoms. The summed E-state index contributed by atoms with van der Waals surface area (Å²) in [5.74, 6) is 0. The molecule has 1 unspecified atom stereocenters. The monoisotopic (exact) mass is 421 g/mol. The van der Waals surface area contributed by atoms with Gasteiger partial charge in [-0.2, -0.15) is 0 Å². The van der Waals surface area contributed by atoms with Crippen molar-refractivity contribution in [1.82, 2.24) is 9.12 Å². The van der Waals surface area contributed by atoms with Gasteiger partial charge in [-0.25, -0.2) is 0 Å². The second-order valence-corrected chi connectivity index (χ2v) is 7.89. The molecule has 0 saturated heterocycles. The summed E-state index contributed by atoms with van der Waals surface area (Å²) in [5, 5.41) is 22.0. The Bertz CT molecular complexity index is 306. The number of amides is 2. The van der Waals surface area contributed by atoms with Crippen LogP contribution in [0.2, 0.25) is 0 Å². The number of rotatable bonds is 7. The zero-order valence-corrected chi connectivity index (χ0v) is 19.7. The Morgan fingerprint density at radius 2 is 1.44 bits per heavy atom. The SMILES string of the molecule is CC(C)[O-].CC(C)[O-].CCCC1(CCC)CCCC(NC=O)C1.O=C[NH][Ti+2]. The van der Waals surface area contributed by atoms with Crippen LogP contribution in [-0.2, 0) is 30.3 Å². The normalized spacial score (nSPS) is 17.3. The van der Waals surface area contributed by atoms with E-state index in [4.69, 9.17) is 4.79 Å². The molecule has 1 aliphatic carbocycles. The Morgan fingerprint density at radius 3 is 1.74 bits per heavy atom. The Kier molecular flexibility index (Phi) is 25.3. The van der Waals surface area contributed by atoms with E-state index in [0.29, 0.717) is 17.9 Å². The predicted molar refractivity (Wildman–Crippen MR) is 103 cm³/mol. The molecule has 1 atom stereocenters. The van der Waals surface area contributed by atoms with Crippen molar-refractivity contribution in [3.63, 3.8) is 0 Å². The van der Waals surface area contributed by atoms with Gasteiger partial charge in [0.2, 0.25) is 6.41 Å². The maximum atomic E-state index is 10.5. The van der Waals surface area contributed by atoms with Crippen molar-refractivity contribution < 1.29 is 40.5 Å². The zero-order valence-electron chi connectivity index (χ0n) is 18.2. The van der Waals surface area contributed by atoms with Crippen molar-refractivity contribution in [2.75, 3.05) is 0 Å². The van der Waals surface area contributed by atoms with E-state index in [0.717, 1.165) is 6.41 Å². The maximum absolute atomic E-state index is 10.5. The summed E-state index contributed by atoms with van der Waals surface area (Å²) >= 11 is 1.56. The van der Waals surface area contributed by atoms with E-state index in [-0.39, 0.29) is 0 Å². The Labute approximate surface area is 179 Å². The summed E-state index contributed by atoms with van der Waals surface area (Å²) in [7, 11) is 0. The summed E-state index contributed by atoms with van der Waals surface area (Å²) < 4.78 is 2.25. The molecule has 159 valence electrons. The fourth-order valence-corrected chi connectivity index (χ4v) is 3.33. The number of carbonyl (C=O) groups excluding carboxylic acids is 2. The van der Waals surface area contributed by atoms with Gasteiger partial charge in [0.05, 0.1) is 0 Å².